The van der Waals surface area contributed by atoms with Crippen molar-refractivity contribution in [1.82, 2.24) is 10.6 Å². The summed E-state index contributed by atoms with van der Waals surface area (Å²) in [7, 11) is 0. The van der Waals surface area contributed by atoms with Gasteiger partial charge in [-0.3, -0.25) is 0 Å². The van der Waals surface area contributed by atoms with E-state index < -0.39 is 0 Å². The fourth-order valence-electron chi connectivity index (χ4n) is 2.35. The third kappa shape index (κ3) is 9.61. The zero-order valence-electron chi connectivity index (χ0n) is 12.7. The molecule has 2 N–H and O–H groups in total. The second kappa shape index (κ2) is 11.0. The molecule has 2 saturated heterocycles. The van der Waals surface area contributed by atoms with Crippen LogP contribution in [0.2, 0.25) is 0 Å². The van der Waals surface area contributed by atoms with Crippen molar-refractivity contribution in [2.75, 3.05) is 13.1 Å². The van der Waals surface area contributed by atoms with Crippen LogP contribution in [0.3, 0.4) is 0 Å². The second-order valence-corrected chi connectivity index (χ2v) is 5.33. The van der Waals surface area contributed by atoms with Crippen molar-refractivity contribution in [1.29, 1.82) is 0 Å². The largest absolute Gasteiger partial charge is 0.317 e. The maximum Gasteiger partial charge on any atom is 0.00412 e. The minimum Gasteiger partial charge on any atom is -0.317 e. The topological polar surface area (TPSA) is 24.1 Å². The average molecular weight is 242 g/mol. The average Bonchev–Trinajstić information content (AvgIpc) is 2.33. The Morgan fingerprint density at radius 3 is 1.47 bits per heavy atom. The van der Waals surface area contributed by atoms with Crippen molar-refractivity contribution in [3.63, 3.8) is 0 Å². The van der Waals surface area contributed by atoms with Gasteiger partial charge < -0.3 is 10.6 Å². The summed E-state index contributed by atoms with van der Waals surface area (Å²) < 4.78 is 0. The molecule has 2 rings (SSSR count). The zero-order valence-corrected chi connectivity index (χ0v) is 12.7. The van der Waals surface area contributed by atoms with Crippen LogP contribution in [0.25, 0.3) is 0 Å². The van der Waals surface area contributed by atoms with Gasteiger partial charge in [0.1, 0.15) is 0 Å². The third-order valence-electron chi connectivity index (χ3n) is 3.47. The van der Waals surface area contributed by atoms with Gasteiger partial charge in [0, 0.05) is 12.1 Å². The summed E-state index contributed by atoms with van der Waals surface area (Å²) in [6.07, 6.45) is 6.89. The quantitative estimate of drug-likeness (QED) is 0.678. The Kier molecular flexibility index (Phi) is 11.0. The highest BCUT2D eigenvalue weighted by atomic mass is 14.9. The second-order valence-electron chi connectivity index (χ2n) is 5.33. The molecule has 0 saturated carbocycles. The van der Waals surface area contributed by atoms with Gasteiger partial charge in [-0.05, 0) is 58.5 Å². The Morgan fingerprint density at radius 1 is 0.765 bits per heavy atom. The van der Waals surface area contributed by atoms with Gasteiger partial charge in [-0.2, -0.15) is 0 Å². The third-order valence-corrected chi connectivity index (χ3v) is 3.47. The number of piperidine rings is 2. The summed E-state index contributed by atoms with van der Waals surface area (Å²) in [5.74, 6) is 0.973. The molecular formula is C15H34N2. The van der Waals surface area contributed by atoms with Gasteiger partial charge in [0.05, 0.1) is 0 Å². The predicted octanol–water partition coefficient (Wildman–Crippen LogP) is 3.57. The minimum atomic E-state index is 0.763. The molecule has 2 aliphatic heterocycles. The summed E-state index contributed by atoms with van der Waals surface area (Å²) in [6.45, 7) is 13.3. The molecule has 0 spiro atoms. The van der Waals surface area contributed by atoms with Gasteiger partial charge in [0.25, 0.3) is 0 Å². The first-order valence-electron chi connectivity index (χ1n) is 7.65. The Hall–Kier alpha value is -0.0800. The lowest BCUT2D eigenvalue weighted by Crippen LogP contribution is -2.38. The van der Waals surface area contributed by atoms with E-state index in [2.05, 4.69) is 31.4 Å². The lowest BCUT2D eigenvalue weighted by Gasteiger charge is -2.25. The Bertz CT molecular complexity index is 145. The number of hydrogen-bond donors (Lipinski definition) is 2. The van der Waals surface area contributed by atoms with E-state index in [1.165, 1.54) is 45.2 Å². The van der Waals surface area contributed by atoms with Crippen molar-refractivity contribution >= 4 is 0 Å². The smallest absolute Gasteiger partial charge is 0.00412 e. The Labute approximate surface area is 109 Å². The van der Waals surface area contributed by atoms with Crippen LogP contribution >= 0.6 is 0 Å². The first kappa shape index (κ1) is 16.9. The standard InChI is InChI=1S/C7H15N.C6H13N.C2H6/c1-6-4-3-5-7(2)8-6;1-6-2-4-7-5-3-6;1-2/h6-8H,3-5H2,1-2H3;6-7H,2-5H2,1H3;1-2H3. The highest BCUT2D eigenvalue weighted by Crippen LogP contribution is 2.10. The van der Waals surface area contributed by atoms with Gasteiger partial charge >= 0.3 is 0 Å². The molecule has 2 aliphatic rings. The molecule has 0 amide bonds. The van der Waals surface area contributed by atoms with Crippen LogP contribution < -0.4 is 10.6 Å². The van der Waals surface area contributed by atoms with Gasteiger partial charge in [-0.15, -0.1) is 0 Å². The van der Waals surface area contributed by atoms with Crippen LogP contribution in [0.5, 0.6) is 0 Å². The van der Waals surface area contributed by atoms with Gasteiger partial charge in [-0.1, -0.05) is 27.2 Å². The van der Waals surface area contributed by atoms with E-state index in [4.69, 9.17) is 0 Å². The van der Waals surface area contributed by atoms with Gasteiger partial charge in [0.2, 0.25) is 0 Å². The van der Waals surface area contributed by atoms with Crippen LogP contribution in [0.1, 0.15) is 66.7 Å². The van der Waals surface area contributed by atoms with E-state index >= 15 is 0 Å². The van der Waals surface area contributed by atoms with E-state index in [1.807, 2.05) is 13.8 Å². The summed E-state index contributed by atoms with van der Waals surface area (Å²) in [5, 5.41) is 6.79. The highest BCUT2D eigenvalue weighted by Gasteiger charge is 2.12. The maximum atomic E-state index is 3.48. The van der Waals surface area contributed by atoms with E-state index in [0.29, 0.717) is 0 Å². The van der Waals surface area contributed by atoms with E-state index in [-0.39, 0.29) is 0 Å². The molecule has 104 valence electrons. The van der Waals surface area contributed by atoms with E-state index in [9.17, 15) is 0 Å². The van der Waals surface area contributed by atoms with Crippen LogP contribution in [-0.4, -0.2) is 25.2 Å². The number of hydrogen-bond acceptors (Lipinski definition) is 2. The van der Waals surface area contributed by atoms with E-state index in [1.54, 1.807) is 0 Å². The fraction of sp³-hybridized carbons (Fsp3) is 1.00. The molecule has 0 bridgehead atoms. The van der Waals surface area contributed by atoms with Crippen molar-refractivity contribution in [2.45, 2.75) is 78.8 Å². The molecule has 2 unspecified atom stereocenters. The molecule has 0 aliphatic carbocycles. The van der Waals surface area contributed by atoms with Crippen molar-refractivity contribution in [3.8, 4) is 0 Å². The van der Waals surface area contributed by atoms with Gasteiger partial charge in [0.15, 0.2) is 0 Å². The number of nitrogens with one attached hydrogen (secondary N) is 2. The molecule has 0 aromatic rings. The lowest BCUT2D eigenvalue weighted by molar-refractivity contribution is 0.352. The summed E-state index contributed by atoms with van der Waals surface area (Å²) in [5.41, 5.74) is 0. The predicted molar refractivity (Wildman–Crippen MR) is 78.5 cm³/mol. The van der Waals surface area contributed by atoms with Gasteiger partial charge in [-0.25, -0.2) is 0 Å². The molecule has 0 aromatic carbocycles. The molecule has 17 heavy (non-hydrogen) atoms. The normalized spacial score (nSPS) is 29.5. The monoisotopic (exact) mass is 242 g/mol. The van der Waals surface area contributed by atoms with Crippen molar-refractivity contribution in [2.24, 2.45) is 5.92 Å². The molecule has 0 radical (unpaired) electrons. The van der Waals surface area contributed by atoms with Crippen LogP contribution in [0.15, 0.2) is 0 Å². The molecule has 0 aromatic heterocycles. The number of rotatable bonds is 0. The molecule has 2 heterocycles. The summed E-state index contributed by atoms with van der Waals surface area (Å²) >= 11 is 0. The van der Waals surface area contributed by atoms with Crippen LogP contribution in [0, 0.1) is 5.92 Å². The Balaban J connectivity index is 0.000000265. The minimum absolute atomic E-state index is 0.763. The molecule has 2 atom stereocenters. The molecule has 2 heteroatoms. The summed E-state index contributed by atoms with van der Waals surface area (Å²) in [6, 6.07) is 1.53. The maximum absolute atomic E-state index is 3.48. The highest BCUT2D eigenvalue weighted by molar-refractivity contribution is 4.73. The zero-order chi connectivity index (χ0) is 13.1. The SMILES string of the molecule is CC.CC1CCCC(C)N1.CC1CCNCC1. The van der Waals surface area contributed by atoms with Crippen molar-refractivity contribution in [3.05, 3.63) is 0 Å². The first-order chi connectivity index (χ1) is 8.18. The van der Waals surface area contributed by atoms with E-state index in [0.717, 1.165) is 18.0 Å². The van der Waals surface area contributed by atoms with Crippen molar-refractivity contribution < 1.29 is 0 Å². The first-order valence-corrected chi connectivity index (χ1v) is 7.65. The lowest BCUT2D eigenvalue weighted by atomic mass is 10.0. The molecule has 2 fully saturated rings. The summed E-state index contributed by atoms with van der Waals surface area (Å²) in [4.78, 5) is 0. The molecular weight excluding hydrogens is 208 g/mol. The Morgan fingerprint density at radius 2 is 1.24 bits per heavy atom. The van der Waals surface area contributed by atoms with Crippen LogP contribution in [-0.2, 0) is 0 Å². The van der Waals surface area contributed by atoms with Crippen LogP contribution in [0.4, 0.5) is 0 Å². The molecule has 2 nitrogen and oxygen atoms in total. The fourth-order valence-corrected chi connectivity index (χ4v) is 2.35.